The molecule has 1 amide bonds. The highest BCUT2D eigenvalue weighted by Crippen LogP contribution is 2.27. The summed E-state index contributed by atoms with van der Waals surface area (Å²) in [5.74, 6) is 0.184. The first kappa shape index (κ1) is 22.5. The second-order valence-corrected chi connectivity index (χ2v) is 6.36. The van der Waals surface area contributed by atoms with Crippen LogP contribution in [0.2, 0.25) is 5.02 Å². The number of hydrogen-bond acceptors (Lipinski definition) is 6. The van der Waals surface area contributed by atoms with Crippen LogP contribution in [0.1, 0.15) is 24.2 Å². The Bertz CT molecular complexity index is 824. The zero-order valence-electron chi connectivity index (χ0n) is 16.6. The van der Waals surface area contributed by atoms with Gasteiger partial charge in [0.25, 0.3) is 5.91 Å². The number of rotatable bonds is 10. The molecule has 0 saturated carbocycles. The zero-order chi connectivity index (χ0) is 21.2. The van der Waals surface area contributed by atoms with Gasteiger partial charge in [0.1, 0.15) is 18.1 Å². The summed E-state index contributed by atoms with van der Waals surface area (Å²) in [6.07, 6.45) is -0.780. The van der Waals surface area contributed by atoms with E-state index in [4.69, 9.17) is 30.5 Å². The summed E-state index contributed by atoms with van der Waals surface area (Å²) >= 11 is 6.06. The molecule has 0 aliphatic carbocycles. The highest BCUT2D eigenvalue weighted by Gasteiger charge is 2.16. The molecule has 0 radical (unpaired) electrons. The van der Waals surface area contributed by atoms with Gasteiger partial charge in [0, 0.05) is 17.9 Å². The number of benzene rings is 2. The van der Waals surface area contributed by atoms with Crippen molar-refractivity contribution >= 4 is 29.2 Å². The number of anilines is 1. The lowest BCUT2D eigenvalue weighted by Gasteiger charge is -2.14. The van der Waals surface area contributed by atoms with Crippen molar-refractivity contribution in [1.82, 2.24) is 0 Å². The molecule has 0 unspecified atom stereocenters. The van der Waals surface area contributed by atoms with E-state index >= 15 is 0 Å². The monoisotopic (exact) mass is 421 g/mol. The highest BCUT2D eigenvalue weighted by atomic mass is 35.5. The lowest BCUT2D eigenvalue weighted by molar-refractivity contribution is -0.152. The maximum absolute atomic E-state index is 12.4. The van der Waals surface area contributed by atoms with Crippen LogP contribution in [0.5, 0.6) is 11.5 Å². The molecule has 8 heteroatoms. The predicted octanol–water partition coefficient (Wildman–Crippen LogP) is 3.95. The Labute approximate surface area is 174 Å². The molecule has 2 aromatic rings. The van der Waals surface area contributed by atoms with Crippen LogP contribution >= 0.6 is 11.6 Å². The Morgan fingerprint density at radius 2 is 1.83 bits per heavy atom. The van der Waals surface area contributed by atoms with Gasteiger partial charge in [0.05, 0.1) is 18.7 Å². The quantitative estimate of drug-likeness (QED) is 0.462. The van der Waals surface area contributed by atoms with Gasteiger partial charge < -0.3 is 24.3 Å². The van der Waals surface area contributed by atoms with Crippen LogP contribution in [0.15, 0.2) is 42.5 Å². The van der Waals surface area contributed by atoms with E-state index in [0.29, 0.717) is 41.0 Å². The first-order chi connectivity index (χ1) is 13.9. The van der Waals surface area contributed by atoms with E-state index in [9.17, 15) is 9.59 Å². The maximum atomic E-state index is 12.4. The van der Waals surface area contributed by atoms with Crippen molar-refractivity contribution in [2.75, 3.05) is 32.2 Å². The smallest absolute Gasteiger partial charge is 0.347 e. The molecule has 2 aromatic carbocycles. The highest BCUT2D eigenvalue weighted by molar-refractivity contribution is 6.32. The van der Waals surface area contributed by atoms with Crippen LogP contribution < -0.4 is 14.8 Å². The molecule has 1 atom stereocenters. The van der Waals surface area contributed by atoms with E-state index in [2.05, 4.69) is 5.32 Å². The molecule has 7 nitrogen and oxygen atoms in total. The summed E-state index contributed by atoms with van der Waals surface area (Å²) in [7, 11) is 1.52. The average Bonchev–Trinajstić information content (AvgIpc) is 2.71. The number of carbonyl (C=O) groups is 2. The molecular formula is C21H24ClNO6. The Balaban J connectivity index is 1.89. The molecule has 0 fully saturated rings. The van der Waals surface area contributed by atoms with Crippen LogP contribution in [0, 0.1) is 0 Å². The van der Waals surface area contributed by atoms with Crippen LogP contribution in [-0.4, -0.2) is 44.9 Å². The van der Waals surface area contributed by atoms with E-state index in [1.54, 1.807) is 49.4 Å². The van der Waals surface area contributed by atoms with Crippen molar-refractivity contribution < 1.29 is 28.5 Å². The van der Waals surface area contributed by atoms with Crippen LogP contribution in [0.25, 0.3) is 0 Å². The average molecular weight is 422 g/mol. The number of carbonyl (C=O) groups excluding carboxylic acids is 2. The Hall–Kier alpha value is -2.77. The molecule has 1 N–H and O–H groups in total. The summed E-state index contributed by atoms with van der Waals surface area (Å²) in [5, 5.41) is 3.16. The molecule has 156 valence electrons. The fourth-order valence-corrected chi connectivity index (χ4v) is 2.61. The van der Waals surface area contributed by atoms with Gasteiger partial charge >= 0.3 is 5.97 Å². The van der Waals surface area contributed by atoms with Crippen molar-refractivity contribution in [2.24, 2.45) is 0 Å². The van der Waals surface area contributed by atoms with Crippen LogP contribution in [0.3, 0.4) is 0 Å². The first-order valence-electron chi connectivity index (χ1n) is 9.10. The van der Waals surface area contributed by atoms with Gasteiger partial charge in [0.15, 0.2) is 6.10 Å². The van der Waals surface area contributed by atoms with Crippen molar-refractivity contribution in [3.05, 3.63) is 53.1 Å². The third kappa shape index (κ3) is 6.96. The Morgan fingerprint density at radius 1 is 1.10 bits per heavy atom. The van der Waals surface area contributed by atoms with E-state index < -0.39 is 12.1 Å². The molecule has 0 saturated heterocycles. The Kier molecular flexibility index (Phi) is 8.76. The SMILES string of the molecule is CCOCCOC(=O)[C@@H](C)Oc1ccc(C(=O)Nc2ccc(OC)c(Cl)c2)cc1. The van der Waals surface area contributed by atoms with E-state index in [1.807, 2.05) is 6.92 Å². The molecule has 0 aliphatic rings. The number of ether oxygens (including phenoxy) is 4. The van der Waals surface area contributed by atoms with Gasteiger partial charge in [-0.25, -0.2) is 4.79 Å². The number of hydrogen-bond donors (Lipinski definition) is 1. The fourth-order valence-electron chi connectivity index (χ4n) is 2.35. The molecule has 0 aromatic heterocycles. The minimum Gasteiger partial charge on any atom is -0.495 e. The summed E-state index contributed by atoms with van der Waals surface area (Å²) in [6, 6.07) is 11.4. The number of esters is 1. The van der Waals surface area contributed by atoms with Crippen molar-refractivity contribution in [2.45, 2.75) is 20.0 Å². The van der Waals surface area contributed by atoms with Gasteiger partial charge in [-0.05, 0) is 56.3 Å². The second-order valence-electron chi connectivity index (χ2n) is 5.95. The topological polar surface area (TPSA) is 83.1 Å². The zero-order valence-corrected chi connectivity index (χ0v) is 17.3. The number of nitrogens with one attached hydrogen (secondary N) is 1. The molecule has 0 heterocycles. The van der Waals surface area contributed by atoms with Gasteiger partial charge in [-0.2, -0.15) is 0 Å². The number of methoxy groups -OCH3 is 1. The molecule has 29 heavy (non-hydrogen) atoms. The minimum atomic E-state index is -0.780. The summed E-state index contributed by atoms with van der Waals surface area (Å²) in [5.41, 5.74) is 0.973. The van der Waals surface area contributed by atoms with Gasteiger partial charge in [0.2, 0.25) is 0 Å². The lowest BCUT2D eigenvalue weighted by atomic mass is 10.2. The largest absolute Gasteiger partial charge is 0.495 e. The minimum absolute atomic E-state index is 0.175. The third-order valence-electron chi connectivity index (χ3n) is 3.85. The number of amides is 1. The van der Waals surface area contributed by atoms with E-state index in [-0.39, 0.29) is 12.5 Å². The van der Waals surface area contributed by atoms with Crippen molar-refractivity contribution in [1.29, 1.82) is 0 Å². The molecular weight excluding hydrogens is 398 g/mol. The van der Waals surface area contributed by atoms with Crippen molar-refractivity contribution in [3.63, 3.8) is 0 Å². The molecule has 2 rings (SSSR count). The van der Waals surface area contributed by atoms with E-state index in [0.717, 1.165) is 0 Å². The number of halogens is 1. The summed E-state index contributed by atoms with van der Waals surface area (Å²) < 4.78 is 20.8. The summed E-state index contributed by atoms with van der Waals surface area (Å²) in [6.45, 7) is 4.54. The predicted molar refractivity (Wildman–Crippen MR) is 110 cm³/mol. The Morgan fingerprint density at radius 3 is 2.45 bits per heavy atom. The fraction of sp³-hybridized carbons (Fsp3) is 0.333. The summed E-state index contributed by atoms with van der Waals surface area (Å²) in [4.78, 5) is 24.3. The van der Waals surface area contributed by atoms with Crippen molar-refractivity contribution in [3.8, 4) is 11.5 Å². The molecule has 0 aliphatic heterocycles. The van der Waals surface area contributed by atoms with E-state index in [1.165, 1.54) is 7.11 Å². The molecule has 0 spiro atoms. The first-order valence-corrected chi connectivity index (χ1v) is 9.48. The normalized spacial score (nSPS) is 11.4. The van der Waals surface area contributed by atoms with Gasteiger partial charge in [-0.3, -0.25) is 4.79 Å². The maximum Gasteiger partial charge on any atom is 0.347 e. The second kappa shape index (κ2) is 11.3. The van der Waals surface area contributed by atoms with Gasteiger partial charge in [-0.15, -0.1) is 0 Å². The van der Waals surface area contributed by atoms with Crippen LogP contribution in [-0.2, 0) is 14.3 Å². The lowest BCUT2D eigenvalue weighted by Crippen LogP contribution is -2.27. The third-order valence-corrected chi connectivity index (χ3v) is 4.14. The standard InChI is InChI=1S/C21H24ClNO6/c1-4-27-11-12-28-21(25)14(2)29-17-8-5-15(6-9-17)20(24)23-16-7-10-19(26-3)18(22)13-16/h5-10,13-14H,4,11-12H2,1-3H3,(H,23,24)/t14-/m1/s1. The van der Waals surface area contributed by atoms with Crippen LogP contribution in [0.4, 0.5) is 5.69 Å². The van der Waals surface area contributed by atoms with Gasteiger partial charge in [-0.1, -0.05) is 11.6 Å². The molecule has 0 bridgehead atoms.